The van der Waals surface area contributed by atoms with E-state index in [0.29, 0.717) is 17.9 Å². The molecule has 0 spiro atoms. The van der Waals surface area contributed by atoms with Crippen molar-refractivity contribution >= 4 is 23.6 Å². The summed E-state index contributed by atoms with van der Waals surface area (Å²) in [6.07, 6.45) is 3.05. The Balaban J connectivity index is 1.83. The number of rotatable bonds is 4. The van der Waals surface area contributed by atoms with E-state index in [0.717, 1.165) is 17.0 Å². The molecule has 0 saturated carbocycles. The van der Waals surface area contributed by atoms with Crippen LogP contribution in [0.2, 0.25) is 0 Å². The van der Waals surface area contributed by atoms with Gasteiger partial charge in [0.05, 0.1) is 18.2 Å². The van der Waals surface area contributed by atoms with E-state index in [1.807, 2.05) is 19.1 Å². The molecule has 24 heavy (non-hydrogen) atoms. The predicted octanol–water partition coefficient (Wildman–Crippen LogP) is 1.61. The smallest absolute Gasteiger partial charge is 0.305 e. The van der Waals surface area contributed by atoms with Gasteiger partial charge >= 0.3 is 5.97 Å². The molecule has 1 fully saturated rings. The SMILES string of the molecule is Cc1cc(C(=O)N2CCSCC2CC(=O)O)ccc1-n1cncn1. The standard InChI is InChI=1S/C16H18N4O3S/c1-11-6-12(2-3-14(11)20-10-17-9-18-20)16(23)19-4-5-24-8-13(19)7-15(21)22/h2-3,6,9-10,13H,4-5,7-8H2,1H3,(H,21,22). The largest absolute Gasteiger partial charge is 0.481 e. The topological polar surface area (TPSA) is 88.3 Å². The number of amides is 1. The molecular formula is C16H18N4O3S. The lowest BCUT2D eigenvalue weighted by Crippen LogP contribution is -2.47. The highest BCUT2D eigenvalue weighted by atomic mass is 32.2. The molecule has 0 aliphatic carbocycles. The first-order valence-electron chi connectivity index (χ1n) is 7.62. The average molecular weight is 346 g/mol. The molecule has 7 nitrogen and oxygen atoms in total. The summed E-state index contributed by atoms with van der Waals surface area (Å²) in [7, 11) is 0. The summed E-state index contributed by atoms with van der Waals surface area (Å²) in [6.45, 7) is 2.49. The normalized spacial score (nSPS) is 17.7. The molecule has 1 amide bonds. The Morgan fingerprint density at radius 2 is 2.25 bits per heavy atom. The van der Waals surface area contributed by atoms with Gasteiger partial charge in [0.25, 0.3) is 5.91 Å². The van der Waals surface area contributed by atoms with Crippen molar-refractivity contribution in [1.82, 2.24) is 19.7 Å². The molecule has 126 valence electrons. The van der Waals surface area contributed by atoms with Crippen molar-refractivity contribution in [1.29, 1.82) is 0 Å². The Morgan fingerprint density at radius 1 is 1.42 bits per heavy atom. The lowest BCUT2D eigenvalue weighted by molar-refractivity contribution is -0.138. The number of aromatic nitrogens is 3. The highest BCUT2D eigenvalue weighted by Crippen LogP contribution is 2.23. The molecule has 1 aliphatic heterocycles. The van der Waals surface area contributed by atoms with Gasteiger partial charge < -0.3 is 10.0 Å². The first kappa shape index (κ1) is 16.5. The highest BCUT2D eigenvalue weighted by molar-refractivity contribution is 7.99. The Morgan fingerprint density at radius 3 is 2.92 bits per heavy atom. The monoisotopic (exact) mass is 346 g/mol. The third kappa shape index (κ3) is 3.43. The van der Waals surface area contributed by atoms with E-state index in [9.17, 15) is 9.59 Å². The predicted molar refractivity (Wildman–Crippen MR) is 90.5 cm³/mol. The van der Waals surface area contributed by atoms with Crippen molar-refractivity contribution in [3.8, 4) is 5.69 Å². The van der Waals surface area contributed by atoms with E-state index in [2.05, 4.69) is 10.1 Å². The summed E-state index contributed by atoms with van der Waals surface area (Å²) in [5.41, 5.74) is 2.34. The first-order valence-corrected chi connectivity index (χ1v) is 8.78. The zero-order valence-electron chi connectivity index (χ0n) is 13.3. The summed E-state index contributed by atoms with van der Waals surface area (Å²) in [6, 6.07) is 5.15. The average Bonchev–Trinajstić information content (AvgIpc) is 3.08. The maximum atomic E-state index is 12.8. The molecule has 1 atom stereocenters. The minimum absolute atomic E-state index is 0.0191. The van der Waals surface area contributed by atoms with Crippen LogP contribution in [0.4, 0.5) is 0 Å². The minimum atomic E-state index is -0.877. The Labute approximate surface area is 143 Å². The summed E-state index contributed by atoms with van der Waals surface area (Å²) in [5, 5.41) is 13.2. The number of carbonyl (C=O) groups is 2. The summed E-state index contributed by atoms with van der Waals surface area (Å²) in [5.74, 6) is 0.499. The van der Waals surface area contributed by atoms with E-state index in [-0.39, 0.29) is 18.4 Å². The third-order valence-corrected chi connectivity index (χ3v) is 5.10. The molecule has 1 N–H and O–H groups in total. The van der Waals surface area contributed by atoms with Crippen LogP contribution in [-0.2, 0) is 4.79 Å². The number of carbonyl (C=O) groups excluding carboxylic acids is 1. The molecule has 8 heteroatoms. The van der Waals surface area contributed by atoms with Gasteiger partial charge in [0.15, 0.2) is 0 Å². The minimum Gasteiger partial charge on any atom is -0.481 e. The van der Waals surface area contributed by atoms with Gasteiger partial charge in [-0.1, -0.05) is 0 Å². The van der Waals surface area contributed by atoms with Crippen molar-refractivity contribution in [2.75, 3.05) is 18.1 Å². The van der Waals surface area contributed by atoms with Crippen LogP contribution in [0.15, 0.2) is 30.9 Å². The van der Waals surface area contributed by atoms with Gasteiger partial charge in [-0.3, -0.25) is 9.59 Å². The zero-order valence-corrected chi connectivity index (χ0v) is 14.1. The van der Waals surface area contributed by atoms with Gasteiger partial charge in [-0.2, -0.15) is 16.9 Å². The summed E-state index contributed by atoms with van der Waals surface area (Å²) >= 11 is 1.69. The molecule has 2 aromatic rings. The van der Waals surface area contributed by atoms with Crippen LogP contribution >= 0.6 is 11.8 Å². The number of carboxylic acids is 1. The van der Waals surface area contributed by atoms with Crippen molar-refractivity contribution in [2.45, 2.75) is 19.4 Å². The molecule has 3 rings (SSSR count). The van der Waals surface area contributed by atoms with E-state index in [1.165, 1.54) is 6.33 Å². The van der Waals surface area contributed by atoms with Crippen LogP contribution in [0, 0.1) is 6.92 Å². The Bertz CT molecular complexity index is 748. The Kier molecular flexibility index (Phi) is 4.84. The van der Waals surface area contributed by atoms with Crippen LogP contribution in [0.5, 0.6) is 0 Å². The van der Waals surface area contributed by atoms with Gasteiger partial charge in [-0.05, 0) is 30.7 Å². The van der Waals surface area contributed by atoms with E-state index >= 15 is 0 Å². The van der Waals surface area contributed by atoms with Crippen molar-refractivity contribution in [3.63, 3.8) is 0 Å². The van der Waals surface area contributed by atoms with Crippen LogP contribution < -0.4 is 0 Å². The van der Waals surface area contributed by atoms with Crippen LogP contribution in [0.1, 0.15) is 22.3 Å². The number of nitrogens with zero attached hydrogens (tertiary/aromatic N) is 4. The molecule has 1 aromatic heterocycles. The van der Waals surface area contributed by atoms with Crippen LogP contribution in [0.3, 0.4) is 0 Å². The Hall–Kier alpha value is -2.35. The zero-order chi connectivity index (χ0) is 17.1. The van der Waals surface area contributed by atoms with Crippen LogP contribution in [-0.4, -0.2) is 60.7 Å². The van der Waals surface area contributed by atoms with Crippen molar-refractivity contribution < 1.29 is 14.7 Å². The fourth-order valence-corrected chi connectivity index (χ4v) is 3.90. The number of aryl methyl sites for hydroxylation is 1. The van der Waals surface area contributed by atoms with E-state index in [4.69, 9.17) is 5.11 Å². The van der Waals surface area contributed by atoms with Crippen LogP contribution in [0.25, 0.3) is 5.69 Å². The summed E-state index contributed by atoms with van der Waals surface area (Å²) in [4.78, 5) is 29.5. The van der Waals surface area contributed by atoms with Crippen molar-refractivity contribution in [2.24, 2.45) is 0 Å². The number of thioether (sulfide) groups is 1. The molecule has 0 radical (unpaired) electrons. The maximum absolute atomic E-state index is 12.8. The second-order valence-electron chi connectivity index (χ2n) is 5.67. The van der Waals surface area contributed by atoms with Gasteiger partial charge in [0.2, 0.25) is 0 Å². The lowest BCUT2D eigenvalue weighted by Gasteiger charge is -2.34. The molecule has 2 heterocycles. The fourth-order valence-electron chi connectivity index (χ4n) is 2.84. The molecule has 1 saturated heterocycles. The maximum Gasteiger partial charge on any atom is 0.305 e. The fraction of sp³-hybridized carbons (Fsp3) is 0.375. The van der Waals surface area contributed by atoms with Crippen molar-refractivity contribution in [3.05, 3.63) is 42.0 Å². The number of benzene rings is 1. The van der Waals surface area contributed by atoms with Gasteiger partial charge in [-0.15, -0.1) is 0 Å². The molecule has 0 bridgehead atoms. The lowest BCUT2D eigenvalue weighted by atomic mass is 10.1. The highest BCUT2D eigenvalue weighted by Gasteiger charge is 2.29. The van der Waals surface area contributed by atoms with E-state index in [1.54, 1.807) is 33.7 Å². The second kappa shape index (κ2) is 7.04. The van der Waals surface area contributed by atoms with Gasteiger partial charge in [0, 0.05) is 23.6 Å². The van der Waals surface area contributed by atoms with Gasteiger partial charge in [-0.25, -0.2) is 9.67 Å². The number of hydrogen-bond acceptors (Lipinski definition) is 5. The third-order valence-electron chi connectivity index (χ3n) is 4.01. The van der Waals surface area contributed by atoms with Gasteiger partial charge in [0.1, 0.15) is 12.7 Å². The van der Waals surface area contributed by atoms with E-state index < -0.39 is 5.97 Å². The second-order valence-corrected chi connectivity index (χ2v) is 6.82. The number of carboxylic acid groups (broad SMARTS) is 1. The molecular weight excluding hydrogens is 328 g/mol. The molecule has 1 unspecified atom stereocenters. The first-order chi connectivity index (χ1) is 11.6. The quantitative estimate of drug-likeness (QED) is 0.905. The summed E-state index contributed by atoms with van der Waals surface area (Å²) < 4.78 is 1.65. The number of hydrogen-bond donors (Lipinski definition) is 1. The number of aliphatic carboxylic acids is 1. The molecule has 1 aliphatic rings. The molecule has 1 aromatic carbocycles.